The molecule has 5 aliphatic rings. The number of alkyl halides is 3. The Morgan fingerprint density at radius 1 is 0.354 bits per heavy atom. The van der Waals surface area contributed by atoms with Gasteiger partial charge >= 0.3 is 6.18 Å². The molecule has 16 N–H and O–H groups in total. The molecule has 3 atom stereocenters. The third-order valence-corrected chi connectivity index (χ3v) is 26.4. The predicted octanol–water partition coefficient (Wildman–Crippen LogP) is 22.2. The van der Waals surface area contributed by atoms with Gasteiger partial charge in [-0.15, -0.1) is 0 Å². The van der Waals surface area contributed by atoms with Gasteiger partial charge in [-0.3, -0.25) is 38.4 Å². The summed E-state index contributed by atoms with van der Waals surface area (Å²) in [5, 5.41) is 7.45. The van der Waals surface area contributed by atoms with Gasteiger partial charge in [0, 0.05) is 93.1 Å². The molecule has 694 valence electrons. The quantitative estimate of drug-likeness (QED) is 0.0240. The SMILES string of the molecule is COc1ccc2cc(C(C)(C)CC(N)=O)ccc2c1.COc1ccc2cc(C(C)CC(N)=O)ccc2c1.C[C@H](CC(N)=O)c1ccc(C(F)(F)F)cc1.Cc1ccc(C(CC(N)=O)C2CC2)cc1.NC(=O)CC1(c2ccc(Cl)cc2)CC1.NC(=O)CC1(c2ccc(Cl)cc2)CCC1.NC(=O)CC1(c2ccc(Cl)cc2)CCCC1.NC(=O)CC1(c2ccc(Cl)cc2)CCCCC1. The highest BCUT2D eigenvalue weighted by molar-refractivity contribution is 6.31. The van der Waals surface area contributed by atoms with Gasteiger partial charge in [-0.2, -0.15) is 13.2 Å². The molecule has 5 saturated carbocycles. The fraction of sp³-hybridized carbons (Fsp3) is 0.390. The van der Waals surface area contributed by atoms with Crippen molar-refractivity contribution in [3.63, 3.8) is 0 Å². The van der Waals surface area contributed by atoms with Gasteiger partial charge in [0.1, 0.15) is 11.5 Å². The van der Waals surface area contributed by atoms with E-state index in [0.717, 1.165) is 128 Å². The van der Waals surface area contributed by atoms with Gasteiger partial charge in [-0.05, 0) is 251 Å². The molecule has 0 radical (unpaired) electrons. The maximum atomic E-state index is 12.3. The summed E-state index contributed by atoms with van der Waals surface area (Å²) in [6.45, 7) is 9.89. The first-order valence-electron chi connectivity index (χ1n) is 44.2. The lowest BCUT2D eigenvalue weighted by atomic mass is 9.62. The smallest absolute Gasteiger partial charge is 0.416 e. The number of aryl methyl sites for hydroxylation is 1. The van der Waals surface area contributed by atoms with Crippen LogP contribution in [0.1, 0.15) is 255 Å². The second-order valence-electron chi connectivity index (χ2n) is 36.1. The summed E-state index contributed by atoms with van der Waals surface area (Å²) in [6, 6.07) is 68.7. The van der Waals surface area contributed by atoms with E-state index in [0.29, 0.717) is 62.3 Å². The number of hydrogen-bond donors (Lipinski definition) is 8. The van der Waals surface area contributed by atoms with E-state index in [4.69, 9.17) is 102 Å². The molecular weight excluding hydrogens is 1730 g/mol. The van der Waals surface area contributed by atoms with E-state index in [1.807, 2.05) is 172 Å². The van der Waals surface area contributed by atoms with Gasteiger partial charge in [-0.25, -0.2) is 0 Å². The minimum Gasteiger partial charge on any atom is -0.497 e. The van der Waals surface area contributed by atoms with E-state index in [1.165, 1.54) is 96.9 Å². The molecule has 18 nitrogen and oxygen atoms in total. The molecule has 25 heteroatoms. The maximum absolute atomic E-state index is 12.3. The second kappa shape index (κ2) is 48.3. The Hall–Kier alpha value is -11.0. The molecule has 2 unspecified atom stereocenters. The highest BCUT2D eigenvalue weighted by atomic mass is 35.5. The average Bonchev–Trinajstić information content (AvgIpc) is 1.57. The van der Waals surface area contributed by atoms with Gasteiger partial charge in [0.05, 0.1) is 19.8 Å². The molecule has 5 aliphatic carbocycles. The second-order valence-corrected chi connectivity index (χ2v) is 37.8. The topological polar surface area (TPSA) is 363 Å². The molecule has 15 rings (SSSR count). The lowest BCUT2D eigenvalue weighted by Crippen LogP contribution is -2.38. The van der Waals surface area contributed by atoms with Crippen LogP contribution in [0.4, 0.5) is 13.2 Å². The van der Waals surface area contributed by atoms with E-state index in [9.17, 15) is 51.5 Å². The Bertz CT molecular complexity index is 5430. The first-order chi connectivity index (χ1) is 61.5. The number of carbonyl (C=O) groups is 8. The molecule has 10 aromatic rings. The number of amides is 8. The number of rotatable bonds is 27. The van der Waals surface area contributed by atoms with Crippen LogP contribution in [0.25, 0.3) is 21.5 Å². The summed E-state index contributed by atoms with van der Waals surface area (Å²) in [6.07, 6.45) is 16.9. The molecule has 10 aromatic carbocycles. The molecule has 0 spiro atoms. The zero-order valence-electron chi connectivity index (χ0n) is 75.4. The third kappa shape index (κ3) is 32.3. The van der Waals surface area contributed by atoms with Crippen LogP contribution in [0.3, 0.4) is 0 Å². The average molecular weight is 1860 g/mol. The van der Waals surface area contributed by atoms with Crippen molar-refractivity contribution < 1.29 is 61.0 Å². The normalized spacial score (nSPS) is 15.8. The fourth-order valence-electron chi connectivity index (χ4n) is 17.8. The summed E-state index contributed by atoms with van der Waals surface area (Å²) in [5.41, 5.74) is 51.3. The number of fused-ring (bicyclic) bond motifs is 2. The van der Waals surface area contributed by atoms with Gasteiger partial charge in [-0.1, -0.05) is 252 Å². The molecule has 0 heterocycles. The van der Waals surface area contributed by atoms with E-state index in [2.05, 4.69) is 49.4 Å². The van der Waals surface area contributed by atoms with Crippen molar-refractivity contribution in [1.82, 2.24) is 0 Å². The minimum absolute atomic E-state index is 0.00355. The fourth-order valence-corrected chi connectivity index (χ4v) is 18.3. The molecule has 0 saturated heterocycles. The Morgan fingerprint density at radius 3 is 0.985 bits per heavy atom. The summed E-state index contributed by atoms with van der Waals surface area (Å²) < 4.78 is 47.2. The Kier molecular flexibility index (Phi) is 38.8. The summed E-state index contributed by atoms with van der Waals surface area (Å²) >= 11 is 23.4. The van der Waals surface area contributed by atoms with Crippen LogP contribution in [-0.4, -0.2) is 61.5 Å². The van der Waals surface area contributed by atoms with Gasteiger partial charge in [0.2, 0.25) is 47.3 Å². The zero-order chi connectivity index (χ0) is 95.3. The number of halogens is 7. The van der Waals surface area contributed by atoms with Crippen molar-refractivity contribution in [2.24, 2.45) is 51.8 Å². The first-order valence-corrected chi connectivity index (χ1v) is 45.7. The summed E-state index contributed by atoms with van der Waals surface area (Å²) in [4.78, 5) is 88.2. The molecule has 0 bridgehead atoms. The van der Waals surface area contributed by atoms with Crippen molar-refractivity contribution in [2.75, 3.05) is 14.2 Å². The number of hydrogen-bond acceptors (Lipinski definition) is 10. The number of nitrogens with two attached hydrogens (primary N) is 8. The van der Waals surface area contributed by atoms with Crippen LogP contribution in [0.15, 0.2) is 218 Å². The molecule has 0 aromatic heterocycles. The van der Waals surface area contributed by atoms with E-state index in [1.54, 1.807) is 21.1 Å². The lowest BCUT2D eigenvalue weighted by Gasteiger charge is -2.41. The minimum atomic E-state index is -4.33. The van der Waals surface area contributed by atoms with Crippen molar-refractivity contribution in [3.05, 3.63) is 294 Å². The van der Waals surface area contributed by atoms with Crippen molar-refractivity contribution in [2.45, 2.75) is 240 Å². The number of methoxy groups -OCH3 is 2. The largest absolute Gasteiger partial charge is 0.497 e. The highest BCUT2D eigenvalue weighted by Gasteiger charge is 2.46. The zero-order valence-corrected chi connectivity index (χ0v) is 78.4. The van der Waals surface area contributed by atoms with Crippen LogP contribution < -0.4 is 55.3 Å². The number of benzene rings is 10. The van der Waals surface area contributed by atoms with Crippen LogP contribution in [0.2, 0.25) is 20.1 Å². The first kappa shape index (κ1) is 104. The van der Waals surface area contributed by atoms with Crippen molar-refractivity contribution in [1.29, 1.82) is 0 Å². The monoisotopic (exact) mass is 1850 g/mol. The maximum Gasteiger partial charge on any atom is 0.416 e. The Balaban J connectivity index is 0.000000184. The standard InChI is InChI=1S/C16H19NO2.C15H17NO2.C14H18ClNO.C13H16ClNO.C13H17NO.C12H14ClNO.C11H12ClNO.C11H12F3NO/c1-16(2,10-15(17)18)13-6-4-12-9-14(19-3)7-5-11(12)8-13;1-10(7-15(16)17)11-3-4-13-9-14(18-2)6-5-12(13)8-11;15-12-6-4-11(5-7-12)14(10-13(16)17)8-2-1-3-9-14;14-11-5-3-10(4-6-11)13(9-12(15)16)7-1-2-8-13;1-9-2-4-10(5-3-9)12(8-13(14)15)11-6-7-11;13-10-4-2-9(3-5-10)12(6-1-7-12)8-11(14)15;12-9-3-1-8(2-4-9)11(5-6-11)7-10(13)14;1-7(6-10(15)16)8-2-4-9(5-3-8)11(12,13)14/h4-9H,10H2,1-3H3,(H2,17,18);3-6,8-10H,7H2,1-2H3,(H2,16,17);4-7H,1-3,8-10H2,(H2,16,17);3-6H,1-2,7-9H2,(H2,15,16);2-5,11-12H,6-8H2,1H3,(H2,14,15);2-5H,1,6-8H2,(H2,14,15);1-4H,5-7H2,(H2,13,14);2-5,7H,6H2,1H3,(H2,15,16)/t;;;;;;;7-/m.......1/s1. The third-order valence-electron chi connectivity index (χ3n) is 25.4. The number of primary amides is 8. The Labute approximate surface area is 782 Å². The molecular formula is C105H125Cl4F3N8O10. The highest BCUT2D eigenvalue weighted by Crippen LogP contribution is 2.52. The van der Waals surface area contributed by atoms with Crippen molar-refractivity contribution in [3.8, 4) is 11.5 Å². The summed E-state index contributed by atoms with van der Waals surface area (Å²) in [7, 11) is 3.32. The van der Waals surface area contributed by atoms with E-state index < -0.39 is 17.6 Å². The molecule has 8 amide bonds. The van der Waals surface area contributed by atoms with E-state index in [-0.39, 0.29) is 86.7 Å². The number of ether oxygens (including phenoxy) is 2. The summed E-state index contributed by atoms with van der Waals surface area (Å²) in [5.74, 6) is 0.645. The van der Waals surface area contributed by atoms with E-state index >= 15 is 0 Å². The van der Waals surface area contributed by atoms with Crippen molar-refractivity contribution >= 4 is 115 Å². The van der Waals surface area contributed by atoms with Crippen LogP contribution in [-0.2, 0) is 71.6 Å². The van der Waals surface area contributed by atoms with Gasteiger partial charge in [0.25, 0.3) is 0 Å². The Morgan fingerprint density at radius 2 is 0.662 bits per heavy atom. The van der Waals surface area contributed by atoms with Crippen LogP contribution in [0, 0.1) is 12.8 Å². The lowest BCUT2D eigenvalue weighted by molar-refractivity contribution is -0.137. The molecule has 5 fully saturated rings. The van der Waals surface area contributed by atoms with Gasteiger partial charge in [0.15, 0.2) is 0 Å². The predicted molar refractivity (Wildman–Crippen MR) is 517 cm³/mol. The number of carbonyl (C=O) groups excluding carboxylic acids is 8. The van der Waals surface area contributed by atoms with Crippen LogP contribution in [0.5, 0.6) is 11.5 Å². The van der Waals surface area contributed by atoms with Gasteiger partial charge < -0.3 is 55.3 Å². The molecule has 0 aliphatic heterocycles. The van der Waals surface area contributed by atoms with Crippen LogP contribution >= 0.6 is 46.4 Å². The molecule has 130 heavy (non-hydrogen) atoms.